The summed E-state index contributed by atoms with van der Waals surface area (Å²) in [5.41, 5.74) is 19.7. The van der Waals surface area contributed by atoms with E-state index < -0.39 is 0 Å². The molecule has 8 aromatic carbocycles. The Hall–Kier alpha value is -11.8. The predicted molar refractivity (Wildman–Crippen MR) is 335 cm³/mol. The van der Waals surface area contributed by atoms with Gasteiger partial charge in [-0.2, -0.15) is 0 Å². The highest BCUT2D eigenvalue weighted by atomic mass is 15.1. The lowest BCUT2D eigenvalue weighted by atomic mass is 10.1. The van der Waals surface area contributed by atoms with Crippen LogP contribution in [0.4, 0.5) is 0 Å². The first kappa shape index (κ1) is 49.3. The molecule has 0 unspecified atom stereocenters. The van der Waals surface area contributed by atoms with Crippen molar-refractivity contribution in [3.05, 3.63) is 292 Å². The number of para-hydroxylation sites is 12. The van der Waals surface area contributed by atoms with E-state index in [4.69, 9.17) is 19.9 Å². The van der Waals surface area contributed by atoms with Crippen molar-refractivity contribution in [2.45, 2.75) is 0 Å². The molecule has 0 aliphatic heterocycles. The SMILES string of the molecule is c1ccc(-n2c(-c3cncc(-c4cncc(-c5nc6ccccc6n5-c5ccccc5)c4)c3)nc3ccccc32)cc1.c1ccc(-n2c(-c3cncc(-c4cncc(-c5nc6ccccc6n5-c5ccccc5)c4)c3)nc3ccccc32)cc1. The number of benzene rings is 8. The fourth-order valence-electron chi connectivity index (χ4n) is 11.1. The summed E-state index contributed by atoms with van der Waals surface area (Å²) in [6, 6.07) is 82.6. The Bertz CT molecular complexity index is 4390. The lowest BCUT2D eigenvalue weighted by Gasteiger charge is -2.11. The van der Waals surface area contributed by atoms with E-state index in [0.29, 0.717) is 0 Å². The first-order valence-electron chi connectivity index (χ1n) is 27.6. The van der Waals surface area contributed by atoms with E-state index in [1.54, 1.807) is 0 Å². The zero-order chi connectivity index (χ0) is 55.8. The van der Waals surface area contributed by atoms with E-state index in [0.717, 1.165) is 135 Å². The van der Waals surface area contributed by atoms with Crippen molar-refractivity contribution in [1.29, 1.82) is 0 Å². The molecular weight excluding hydrogens is 1030 g/mol. The molecule has 8 aromatic heterocycles. The van der Waals surface area contributed by atoms with Gasteiger partial charge < -0.3 is 0 Å². The molecule has 84 heavy (non-hydrogen) atoms. The van der Waals surface area contributed by atoms with Gasteiger partial charge in [-0.25, -0.2) is 19.9 Å². The number of pyridine rings is 4. The minimum Gasteiger partial charge on any atom is -0.292 e. The van der Waals surface area contributed by atoms with Gasteiger partial charge in [-0.1, -0.05) is 121 Å². The van der Waals surface area contributed by atoms with Gasteiger partial charge in [-0.3, -0.25) is 38.2 Å². The molecule has 0 amide bonds. The van der Waals surface area contributed by atoms with Gasteiger partial charge in [0.2, 0.25) is 0 Å². The lowest BCUT2D eigenvalue weighted by molar-refractivity contribution is 1.09. The molecule has 12 nitrogen and oxygen atoms in total. The summed E-state index contributed by atoms with van der Waals surface area (Å²) < 4.78 is 8.75. The van der Waals surface area contributed by atoms with Crippen LogP contribution in [0, 0.1) is 0 Å². The molecule has 0 spiro atoms. The Balaban J connectivity index is 0.000000143. The highest BCUT2D eigenvalue weighted by molar-refractivity contribution is 5.88. The zero-order valence-electron chi connectivity index (χ0n) is 45.1. The van der Waals surface area contributed by atoms with Gasteiger partial charge in [0.15, 0.2) is 0 Å². The molecular formula is C72H48N12. The minimum atomic E-state index is 0.840. The van der Waals surface area contributed by atoms with Crippen LogP contribution in [0.25, 0.3) is 135 Å². The van der Waals surface area contributed by atoms with Gasteiger partial charge in [-0.15, -0.1) is 0 Å². The number of imidazole rings is 4. The second-order valence-corrected chi connectivity index (χ2v) is 20.2. The summed E-state index contributed by atoms with van der Waals surface area (Å²) in [6.07, 6.45) is 15.0. The lowest BCUT2D eigenvalue weighted by Crippen LogP contribution is -1.99. The molecule has 0 fully saturated rings. The minimum absolute atomic E-state index is 0.840. The first-order chi connectivity index (χ1) is 41.7. The van der Waals surface area contributed by atoms with Crippen LogP contribution in [0.1, 0.15) is 0 Å². The van der Waals surface area contributed by atoms with Crippen molar-refractivity contribution >= 4 is 44.1 Å². The van der Waals surface area contributed by atoms with Crippen LogP contribution >= 0.6 is 0 Å². The Morgan fingerprint density at radius 1 is 0.190 bits per heavy atom. The van der Waals surface area contributed by atoms with Gasteiger partial charge in [0.25, 0.3) is 0 Å². The van der Waals surface area contributed by atoms with Crippen LogP contribution in [-0.2, 0) is 0 Å². The fraction of sp³-hybridized carbons (Fsp3) is 0. The van der Waals surface area contributed by atoms with E-state index in [-0.39, 0.29) is 0 Å². The molecule has 0 aliphatic rings. The molecule has 0 saturated carbocycles. The van der Waals surface area contributed by atoms with Gasteiger partial charge in [0.05, 0.1) is 44.1 Å². The van der Waals surface area contributed by atoms with Crippen LogP contribution in [0.5, 0.6) is 0 Å². The molecule has 0 saturated heterocycles. The summed E-state index contributed by atoms with van der Waals surface area (Å²) in [6.45, 7) is 0. The molecule has 12 heteroatoms. The monoisotopic (exact) mass is 1080 g/mol. The molecule has 8 heterocycles. The van der Waals surface area contributed by atoms with Gasteiger partial charge in [0.1, 0.15) is 23.3 Å². The number of aromatic nitrogens is 12. The third-order valence-corrected chi connectivity index (χ3v) is 15.0. The third-order valence-electron chi connectivity index (χ3n) is 15.0. The van der Waals surface area contributed by atoms with Crippen LogP contribution < -0.4 is 0 Å². The number of hydrogen-bond donors (Lipinski definition) is 0. The first-order valence-corrected chi connectivity index (χ1v) is 27.6. The average molecular weight is 1080 g/mol. The second kappa shape index (κ2) is 21.4. The van der Waals surface area contributed by atoms with E-state index in [2.05, 4.69) is 135 Å². The highest BCUT2D eigenvalue weighted by Crippen LogP contribution is 2.36. The predicted octanol–water partition coefficient (Wildman–Crippen LogP) is 16.3. The smallest absolute Gasteiger partial charge is 0.147 e. The van der Waals surface area contributed by atoms with Crippen molar-refractivity contribution in [2.24, 2.45) is 0 Å². The maximum atomic E-state index is 5.02. The number of nitrogens with zero attached hydrogens (tertiary/aromatic N) is 12. The molecule has 0 aliphatic carbocycles. The Labute approximate surface area is 482 Å². The summed E-state index contributed by atoms with van der Waals surface area (Å²) >= 11 is 0. The third kappa shape index (κ3) is 9.11. The molecule has 0 bridgehead atoms. The van der Waals surface area contributed by atoms with E-state index in [9.17, 15) is 0 Å². The van der Waals surface area contributed by atoms with E-state index in [1.165, 1.54) is 0 Å². The number of fused-ring (bicyclic) bond motifs is 4. The topological polar surface area (TPSA) is 123 Å². The van der Waals surface area contributed by atoms with Crippen LogP contribution in [-0.4, -0.2) is 58.1 Å². The van der Waals surface area contributed by atoms with Crippen molar-refractivity contribution < 1.29 is 0 Å². The fourth-order valence-corrected chi connectivity index (χ4v) is 11.1. The molecule has 0 atom stereocenters. The summed E-state index contributed by atoms with van der Waals surface area (Å²) in [7, 11) is 0. The molecule has 0 radical (unpaired) electrons. The van der Waals surface area contributed by atoms with E-state index >= 15 is 0 Å². The van der Waals surface area contributed by atoms with E-state index in [1.807, 2.05) is 195 Å². The van der Waals surface area contributed by atoms with Crippen molar-refractivity contribution in [1.82, 2.24) is 58.1 Å². The highest BCUT2D eigenvalue weighted by Gasteiger charge is 2.21. The Morgan fingerprint density at radius 3 is 0.607 bits per heavy atom. The second-order valence-electron chi connectivity index (χ2n) is 20.2. The van der Waals surface area contributed by atoms with Crippen LogP contribution in [0.2, 0.25) is 0 Å². The molecule has 16 rings (SSSR count). The Kier molecular flexibility index (Phi) is 12.5. The van der Waals surface area contributed by atoms with Crippen LogP contribution in [0.3, 0.4) is 0 Å². The molecule has 0 N–H and O–H groups in total. The standard InChI is InChI=1S/2C36H24N6/c2*1-3-11-29(12-4-1)41-33-17-9-7-15-31(33)39-35(41)27-19-25(21-37-23-27)26-20-28(24-38-22-26)36-40-32-16-8-10-18-34(32)42(36)30-13-5-2-6-14-30/h2*1-24H. The Morgan fingerprint density at radius 2 is 0.381 bits per heavy atom. The average Bonchev–Trinajstić information content (AvgIpc) is 4.54. The zero-order valence-corrected chi connectivity index (χ0v) is 45.1. The van der Waals surface area contributed by atoms with Gasteiger partial charge in [-0.05, 0) is 121 Å². The van der Waals surface area contributed by atoms with Gasteiger partial charge in [0, 0.05) is 117 Å². The largest absolute Gasteiger partial charge is 0.292 e. The number of rotatable bonds is 10. The van der Waals surface area contributed by atoms with Crippen LogP contribution in [0.15, 0.2) is 292 Å². The number of hydrogen-bond acceptors (Lipinski definition) is 8. The molecule has 16 aromatic rings. The maximum absolute atomic E-state index is 5.02. The normalized spacial score (nSPS) is 11.3. The summed E-state index contributed by atoms with van der Waals surface area (Å²) in [5, 5.41) is 0. The van der Waals surface area contributed by atoms with Crippen molar-refractivity contribution in [3.63, 3.8) is 0 Å². The molecule has 396 valence electrons. The maximum Gasteiger partial charge on any atom is 0.147 e. The van der Waals surface area contributed by atoms with Crippen molar-refractivity contribution in [2.75, 3.05) is 0 Å². The summed E-state index contributed by atoms with van der Waals surface area (Å²) in [4.78, 5) is 38.7. The quantitative estimate of drug-likeness (QED) is 0.133. The summed E-state index contributed by atoms with van der Waals surface area (Å²) in [5.74, 6) is 3.36. The van der Waals surface area contributed by atoms with Gasteiger partial charge >= 0.3 is 0 Å². The van der Waals surface area contributed by atoms with Crippen molar-refractivity contribution in [3.8, 4) is 90.6 Å².